The number of nitrogens with zero attached hydrogens (tertiary/aromatic N) is 1. The van der Waals surface area contributed by atoms with Crippen LogP contribution in [0.25, 0.3) is 0 Å². The van der Waals surface area contributed by atoms with E-state index in [1.165, 1.54) is 16.8 Å². The SMILES string of the molecule is C/C=[N+]1/COc2c1cc(C(C)(C)C)cc2C(C)(C)C. The van der Waals surface area contributed by atoms with Crippen molar-refractivity contribution in [3.05, 3.63) is 23.3 Å². The molecule has 0 fully saturated rings. The molecule has 1 aliphatic heterocycles. The van der Waals surface area contributed by atoms with Crippen LogP contribution in [0.15, 0.2) is 12.1 Å². The van der Waals surface area contributed by atoms with Crippen LogP contribution in [-0.4, -0.2) is 17.5 Å². The Morgan fingerprint density at radius 2 is 1.68 bits per heavy atom. The molecule has 0 amide bonds. The van der Waals surface area contributed by atoms with E-state index in [1.807, 2.05) is 0 Å². The first kappa shape index (κ1) is 14.1. The summed E-state index contributed by atoms with van der Waals surface area (Å²) in [5.74, 6) is 1.05. The fourth-order valence-corrected chi connectivity index (χ4v) is 2.39. The zero-order valence-corrected chi connectivity index (χ0v) is 13.3. The van der Waals surface area contributed by atoms with Gasteiger partial charge in [0.2, 0.25) is 5.75 Å². The van der Waals surface area contributed by atoms with Crippen LogP contribution in [0.5, 0.6) is 5.75 Å². The summed E-state index contributed by atoms with van der Waals surface area (Å²) in [7, 11) is 0. The van der Waals surface area contributed by atoms with Crippen molar-refractivity contribution in [1.82, 2.24) is 0 Å². The van der Waals surface area contributed by atoms with Crippen LogP contribution in [0.2, 0.25) is 0 Å². The predicted octanol–water partition coefficient (Wildman–Crippen LogP) is 4.37. The van der Waals surface area contributed by atoms with Crippen LogP contribution in [0.1, 0.15) is 59.6 Å². The summed E-state index contributed by atoms with van der Waals surface area (Å²) in [5.41, 5.74) is 4.12. The lowest BCUT2D eigenvalue weighted by molar-refractivity contribution is -0.453. The highest BCUT2D eigenvalue weighted by molar-refractivity contribution is 5.62. The molecule has 2 nitrogen and oxygen atoms in total. The van der Waals surface area contributed by atoms with E-state index >= 15 is 0 Å². The average Bonchev–Trinajstić information content (AvgIpc) is 2.67. The normalized spacial score (nSPS) is 17.5. The lowest BCUT2D eigenvalue weighted by Gasteiger charge is -2.25. The zero-order valence-electron chi connectivity index (χ0n) is 13.3. The van der Waals surface area contributed by atoms with Crippen molar-refractivity contribution in [2.24, 2.45) is 0 Å². The molecule has 0 aliphatic carbocycles. The molecular formula is C17H26NO+. The van der Waals surface area contributed by atoms with Crippen LogP contribution < -0.4 is 4.74 Å². The molecule has 0 atom stereocenters. The van der Waals surface area contributed by atoms with E-state index in [9.17, 15) is 0 Å². The van der Waals surface area contributed by atoms with Gasteiger partial charge in [0, 0.05) is 18.6 Å². The van der Waals surface area contributed by atoms with Gasteiger partial charge in [-0.15, -0.1) is 0 Å². The second-order valence-corrected chi connectivity index (χ2v) is 7.37. The minimum absolute atomic E-state index is 0.0924. The van der Waals surface area contributed by atoms with Crippen molar-refractivity contribution in [2.45, 2.75) is 59.3 Å². The molecule has 1 aliphatic rings. The Morgan fingerprint density at radius 3 is 2.16 bits per heavy atom. The number of rotatable bonds is 0. The molecule has 104 valence electrons. The first-order valence-electron chi connectivity index (χ1n) is 7.02. The molecule has 0 N–H and O–H groups in total. The summed E-state index contributed by atoms with van der Waals surface area (Å²) in [4.78, 5) is 0. The molecule has 2 rings (SSSR count). The molecular weight excluding hydrogens is 234 g/mol. The monoisotopic (exact) mass is 260 g/mol. The zero-order chi connectivity index (χ0) is 14.4. The molecule has 0 aromatic heterocycles. The highest BCUT2D eigenvalue weighted by Gasteiger charge is 2.34. The lowest BCUT2D eigenvalue weighted by Crippen LogP contribution is -2.16. The lowest BCUT2D eigenvalue weighted by atomic mass is 9.80. The van der Waals surface area contributed by atoms with Crippen molar-refractivity contribution >= 4 is 11.9 Å². The Balaban J connectivity index is 2.73. The van der Waals surface area contributed by atoms with Gasteiger partial charge in [0.25, 0.3) is 12.4 Å². The van der Waals surface area contributed by atoms with Crippen LogP contribution in [-0.2, 0) is 10.8 Å². The van der Waals surface area contributed by atoms with Crippen molar-refractivity contribution in [1.29, 1.82) is 0 Å². The van der Waals surface area contributed by atoms with Crippen molar-refractivity contribution in [3.63, 3.8) is 0 Å². The highest BCUT2D eigenvalue weighted by Crippen LogP contribution is 2.44. The molecule has 1 aromatic rings. The molecule has 0 unspecified atom stereocenters. The third kappa shape index (κ3) is 2.54. The number of fused-ring (bicyclic) bond motifs is 1. The fourth-order valence-electron chi connectivity index (χ4n) is 2.39. The Kier molecular flexibility index (Phi) is 3.24. The van der Waals surface area contributed by atoms with Gasteiger partial charge in [-0.2, -0.15) is 4.58 Å². The highest BCUT2D eigenvalue weighted by atomic mass is 16.5. The predicted molar refractivity (Wildman–Crippen MR) is 81.0 cm³/mol. The summed E-state index contributed by atoms with van der Waals surface area (Å²) >= 11 is 0. The van der Waals surface area contributed by atoms with E-state index < -0.39 is 0 Å². The minimum Gasteiger partial charge on any atom is -0.429 e. The number of benzene rings is 1. The van der Waals surface area contributed by atoms with Gasteiger partial charge in [0.05, 0.1) is 0 Å². The molecule has 0 radical (unpaired) electrons. The second kappa shape index (κ2) is 4.36. The standard InChI is InChI=1S/C17H26NO/c1-8-18-11-19-15-13(17(5,6)7)9-12(10-14(15)18)16(2,3)4/h8-10H,11H2,1-7H3/q+1/b18-8-. The van der Waals surface area contributed by atoms with Gasteiger partial charge < -0.3 is 4.74 Å². The minimum atomic E-state index is 0.0924. The van der Waals surface area contributed by atoms with Crippen molar-refractivity contribution < 1.29 is 9.31 Å². The summed E-state index contributed by atoms with van der Waals surface area (Å²) in [6, 6.07) is 4.59. The Hall–Kier alpha value is -1.31. The van der Waals surface area contributed by atoms with Gasteiger partial charge in [0.1, 0.15) is 6.21 Å². The smallest absolute Gasteiger partial charge is 0.292 e. The second-order valence-electron chi connectivity index (χ2n) is 7.37. The Labute approximate surface area is 117 Å². The molecule has 0 saturated heterocycles. The molecule has 0 spiro atoms. The van der Waals surface area contributed by atoms with Crippen molar-refractivity contribution in [2.75, 3.05) is 6.73 Å². The van der Waals surface area contributed by atoms with Crippen LogP contribution in [0.4, 0.5) is 5.69 Å². The van der Waals surface area contributed by atoms with E-state index in [4.69, 9.17) is 4.74 Å². The largest absolute Gasteiger partial charge is 0.429 e. The summed E-state index contributed by atoms with van der Waals surface area (Å²) in [6.07, 6.45) is 2.09. The van der Waals surface area contributed by atoms with E-state index in [0.717, 1.165) is 5.75 Å². The van der Waals surface area contributed by atoms with Gasteiger partial charge >= 0.3 is 0 Å². The Morgan fingerprint density at radius 1 is 1.05 bits per heavy atom. The quantitative estimate of drug-likeness (QED) is 0.631. The first-order chi connectivity index (χ1) is 8.64. The maximum Gasteiger partial charge on any atom is 0.292 e. The molecule has 0 saturated carbocycles. The third-order valence-corrected chi connectivity index (χ3v) is 3.71. The van der Waals surface area contributed by atoms with Gasteiger partial charge in [-0.25, -0.2) is 0 Å². The van der Waals surface area contributed by atoms with Gasteiger partial charge in [-0.3, -0.25) is 0 Å². The molecule has 0 bridgehead atoms. The van der Waals surface area contributed by atoms with E-state index in [-0.39, 0.29) is 10.8 Å². The molecule has 2 heteroatoms. The van der Waals surface area contributed by atoms with Crippen LogP contribution >= 0.6 is 0 Å². The average molecular weight is 260 g/mol. The fraction of sp³-hybridized carbons (Fsp3) is 0.588. The summed E-state index contributed by atoms with van der Waals surface area (Å²) in [5, 5.41) is 0. The maximum absolute atomic E-state index is 5.92. The van der Waals surface area contributed by atoms with Crippen LogP contribution in [0, 0.1) is 0 Å². The maximum atomic E-state index is 5.92. The Bertz CT molecular complexity index is 527. The van der Waals surface area contributed by atoms with Crippen LogP contribution in [0.3, 0.4) is 0 Å². The number of hydrogen-bond donors (Lipinski definition) is 0. The molecule has 1 aromatic carbocycles. The third-order valence-electron chi connectivity index (χ3n) is 3.71. The number of ether oxygens (including phenoxy) is 1. The van der Waals surface area contributed by atoms with Gasteiger partial charge in [-0.05, 0) is 16.4 Å². The topological polar surface area (TPSA) is 12.2 Å². The summed E-state index contributed by atoms with van der Waals surface area (Å²) in [6.45, 7) is 16.2. The van der Waals surface area contributed by atoms with E-state index in [1.54, 1.807) is 0 Å². The van der Waals surface area contributed by atoms with E-state index in [2.05, 4.69) is 71.4 Å². The molecule has 1 heterocycles. The van der Waals surface area contributed by atoms with E-state index in [0.29, 0.717) is 6.73 Å². The number of hydrogen-bond acceptors (Lipinski definition) is 1. The van der Waals surface area contributed by atoms with Gasteiger partial charge in [0.15, 0.2) is 0 Å². The van der Waals surface area contributed by atoms with Crippen molar-refractivity contribution in [3.8, 4) is 5.75 Å². The molecule has 19 heavy (non-hydrogen) atoms. The first-order valence-corrected chi connectivity index (χ1v) is 7.02. The summed E-state index contributed by atoms with van der Waals surface area (Å²) < 4.78 is 8.10. The van der Waals surface area contributed by atoms with Gasteiger partial charge in [-0.1, -0.05) is 47.6 Å².